The van der Waals surface area contributed by atoms with Gasteiger partial charge in [0.1, 0.15) is 0 Å². The van der Waals surface area contributed by atoms with Gasteiger partial charge in [-0.15, -0.1) is 0 Å². The van der Waals surface area contributed by atoms with Crippen LogP contribution in [0.3, 0.4) is 0 Å². The van der Waals surface area contributed by atoms with E-state index in [4.69, 9.17) is 0 Å². The van der Waals surface area contributed by atoms with Crippen LogP contribution in [0.1, 0.15) is 151 Å². The molecule has 0 saturated carbocycles. The topological polar surface area (TPSA) is 3.24 Å². The number of hydrogen-bond acceptors (Lipinski definition) is 1. The molecule has 1 heteroatoms. The van der Waals surface area contributed by atoms with Crippen LogP contribution in [0.4, 0.5) is 17.1 Å². The van der Waals surface area contributed by atoms with Crippen LogP contribution in [0.25, 0.3) is 66.8 Å². The van der Waals surface area contributed by atoms with E-state index in [1.165, 1.54) is 139 Å². The van der Waals surface area contributed by atoms with Crippen molar-refractivity contribution in [2.45, 2.75) is 122 Å². The summed E-state index contributed by atoms with van der Waals surface area (Å²) in [5.74, 6) is 0.485. The molecule has 1 atom stereocenters. The standard InChI is InChI=1S/C93H87N/c1-11-14-16-18-20-54-92(55-21-19-17-15-12-2)87-56-64(6)26-48-81(87)82-52-37-73(60-88(82)92)72-36-51-80-79-50-34-70(58-85(79)91(9,10)86(80)59-72)68-30-44-77(45-31-68)94(76-42-28-67(29-43-76)66(8)13-3)78-46-32-69(33-47-78)71-35-53-84-83-49-27-65(7)57-89(83)93(90(84)61-71,74-38-22-62(4)23-39-74)75-40-24-63(5)25-41-75/h11-12,14-17,22-53,56-61,66H,1-2,13,18-21,54-55H2,3-10H3/b16-14-,17-15-. The van der Waals surface area contributed by atoms with Crippen LogP contribution in [0.2, 0.25) is 0 Å². The van der Waals surface area contributed by atoms with Crippen LogP contribution in [0.5, 0.6) is 0 Å². The number of unbranched alkanes of at least 4 members (excludes halogenated alkanes) is 2. The average molecular weight is 1220 g/mol. The van der Waals surface area contributed by atoms with E-state index in [-0.39, 0.29) is 10.8 Å². The molecule has 94 heavy (non-hydrogen) atoms. The molecule has 0 heterocycles. The van der Waals surface area contributed by atoms with Gasteiger partial charge in [0.25, 0.3) is 0 Å². The van der Waals surface area contributed by atoms with Gasteiger partial charge in [0.15, 0.2) is 0 Å². The Kier molecular flexibility index (Phi) is 16.6. The summed E-state index contributed by atoms with van der Waals surface area (Å²) in [5.41, 5.74) is 35.5. The Hall–Kier alpha value is -9.82. The van der Waals surface area contributed by atoms with Gasteiger partial charge in [-0.2, -0.15) is 0 Å². The zero-order chi connectivity index (χ0) is 64.9. The molecule has 1 unspecified atom stereocenters. The maximum absolute atomic E-state index is 3.94. The summed E-state index contributed by atoms with van der Waals surface area (Å²) < 4.78 is 0. The lowest BCUT2D eigenvalue weighted by molar-refractivity contribution is 0.422. The Morgan fingerprint density at radius 1 is 0.372 bits per heavy atom. The molecule has 0 aromatic heterocycles. The van der Waals surface area contributed by atoms with Crippen molar-refractivity contribution in [1.29, 1.82) is 0 Å². The Morgan fingerprint density at radius 2 is 0.702 bits per heavy atom. The third-order valence-corrected chi connectivity index (χ3v) is 21.5. The molecule has 0 bridgehead atoms. The van der Waals surface area contributed by atoms with Crippen molar-refractivity contribution in [3.63, 3.8) is 0 Å². The van der Waals surface area contributed by atoms with E-state index in [0.717, 1.165) is 62.0 Å². The van der Waals surface area contributed by atoms with E-state index in [1.807, 2.05) is 12.2 Å². The first-order valence-electron chi connectivity index (χ1n) is 34.4. The molecule has 14 rings (SSSR count). The first kappa shape index (κ1) is 61.7. The minimum atomic E-state index is -0.482. The maximum Gasteiger partial charge on any atom is 0.0713 e. The average Bonchev–Trinajstić information content (AvgIpc) is 1.54. The van der Waals surface area contributed by atoms with E-state index in [1.54, 1.807) is 0 Å². The highest BCUT2D eigenvalue weighted by Crippen LogP contribution is 2.59. The highest BCUT2D eigenvalue weighted by molar-refractivity contribution is 5.91. The lowest BCUT2D eigenvalue weighted by Crippen LogP contribution is -2.28. The monoisotopic (exact) mass is 1220 g/mol. The van der Waals surface area contributed by atoms with Crippen LogP contribution < -0.4 is 4.90 Å². The minimum Gasteiger partial charge on any atom is -0.311 e. The molecular formula is C93H87N. The van der Waals surface area contributed by atoms with E-state index < -0.39 is 5.41 Å². The number of fused-ring (bicyclic) bond motifs is 9. The molecule has 3 aliphatic rings. The van der Waals surface area contributed by atoms with Gasteiger partial charge >= 0.3 is 0 Å². The molecule has 464 valence electrons. The third-order valence-electron chi connectivity index (χ3n) is 21.5. The molecule has 0 radical (unpaired) electrons. The minimum absolute atomic E-state index is 0.0705. The summed E-state index contributed by atoms with van der Waals surface area (Å²) in [6.45, 7) is 26.2. The second kappa shape index (κ2) is 25.2. The van der Waals surface area contributed by atoms with E-state index >= 15 is 0 Å². The van der Waals surface area contributed by atoms with Crippen molar-refractivity contribution < 1.29 is 0 Å². The number of rotatable bonds is 20. The number of aryl methyl sites for hydroxylation is 4. The molecule has 0 saturated heterocycles. The molecule has 3 aliphatic carbocycles. The SMILES string of the molecule is C=C/C=C\CCCC1(CCC/C=C\C=C)c2cc(C)ccc2-c2ccc(-c3ccc4c(c3)C(C)(C)c3cc(-c5ccc(N(c6ccc(-c7ccc8c(c7)C(c7ccc(C)cc7)(c7ccc(C)cc7)c7cc(C)ccc7-8)cc6)c6ccc(C(C)CC)cc6)cc5)ccc3-4)cc21. The van der Waals surface area contributed by atoms with Gasteiger partial charge in [-0.05, 0) is 256 Å². The van der Waals surface area contributed by atoms with E-state index in [0.29, 0.717) is 5.92 Å². The predicted molar refractivity (Wildman–Crippen MR) is 403 cm³/mol. The van der Waals surface area contributed by atoms with Gasteiger partial charge in [0.2, 0.25) is 0 Å². The summed E-state index contributed by atoms with van der Waals surface area (Å²) in [6, 6.07) is 89.5. The Bertz CT molecular complexity index is 4660. The molecule has 11 aromatic rings. The fourth-order valence-electron chi connectivity index (χ4n) is 16.2. The molecule has 0 fully saturated rings. The van der Waals surface area contributed by atoms with Crippen LogP contribution in [-0.2, 0) is 16.2 Å². The Balaban J connectivity index is 0.776. The van der Waals surface area contributed by atoms with Crippen LogP contribution in [0, 0.1) is 27.7 Å². The fraction of sp³-hybridized carbons (Fsp3) is 0.204. The maximum atomic E-state index is 3.94. The summed E-state index contributed by atoms with van der Waals surface area (Å²) >= 11 is 0. The van der Waals surface area contributed by atoms with Crippen molar-refractivity contribution in [3.05, 3.63) is 352 Å². The van der Waals surface area contributed by atoms with Crippen molar-refractivity contribution in [3.8, 4) is 66.8 Å². The number of allylic oxidation sites excluding steroid dienone is 6. The first-order valence-corrected chi connectivity index (χ1v) is 34.4. The van der Waals surface area contributed by atoms with Gasteiger partial charge in [-0.1, -0.05) is 269 Å². The summed E-state index contributed by atoms with van der Waals surface area (Å²) in [7, 11) is 0. The van der Waals surface area contributed by atoms with E-state index in [9.17, 15) is 0 Å². The Labute approximate surface area is 560 Å². The highest BCUT2D eigenvalue weighted by Gasteiger charge is 2.47. The second-order valence-corrected chi connectivity index (χ2v) is 27.8. The van der Waals surface area contributed by atoms with Crippen LogP contribution in [0.15, 0.2) is 280 Å². The van der Waals surface area contributed by atoms with Gasteiger partial charge in [-0.3, -0.25) is 0 Å². The van der Waals surface area contributed by atoms with Crippen molar-refractivity contribution in [2.24, 2.45) is 0 Å². The molecule has 0 aliphatic heterocycles. The number of hydrogen-bond donors (Lipinski definition) is 0. The smallest absolute Gasteiger partial charge is 0.0713 e. The van der Waals surface area contributed by atoms with Gasteiger partial charge in [0.05, 0.1) is 5.41 Å². The fourth-order valence-corrected chi connectivity index (χ4v) is 16.2. The lowest BCUT2D eigenvalue weighted by atomic mass is 9.67. The van der Waals surface area contributed by atoms with Crippen LogP contribution >= 0.6 is 0 Å². The largest absolute Gasteiger partial charge is 0.311 e. The second-order valence-electron chi connectivity index (χ2n) is 27.8. The van der Waals surface area contributed by atoms with Crippen LogP contribution in [-0.4, -0.2) is 0 Å². The predicted octanol–water partition coefficient (Wildman–Crippen LogP) is 25.7. The molecule has 0 amide bonds. The quantitative estimate of drug-likeness (QED) is 0.0543. The summed E-state index contributed by atoms with van der Waals surface area (Å²) in [6.07, 6.45) is 20.1. The number of benzene rings is 11. The zero-order valence-corrected chi connectivity index (χ0v) is 56.3. The van der Waals surface area contributed by atoms with Gasteiger partial charge in [-0.25, -0.2) is 0 Å². The van der Waals surface area contributed by atoms with Gasteiger partial charge < -0.3 is 4.90 Å². The molecule has 11 aromatic carbocycles. The summed E-state index contributed by atoms with van der Waals surface area (Å²) in [5, 5.41) is 0. The number of nitrogens with zero attached hydrogens (tertiary/aromatic N) is 1. The molecule has 1 nitrogen and oxygen atoms in total. The van der Waals surface area contributed by atoms with Crippen molar-refractivity contribution in [1.82, 2.24) is 0 Å². The van der Waals surface area contributed by atoms with Gasteiger partial charge in [0, 0.05) is 27.9 Å². The zero-order valence-electron chi connectivity index (χ0n) is 56.3. The highest BCUT2D eigenvalue weighted by atomic mass is 15.1. The normalized spacial score (nSPS) is 14.5. The first-order chi connectivity index (χ1) is 45.7. The Morgan fingerprint density at radius 3 is 1.14 bits per heavy atom. The van der Waals surface area contributed by atoms with Crippen molar-refractivity contribution in [2.75, 3.05) is 4.90 Å². The lowest BCUT2D eigenvalue weighted by Gasteiger charge is -2.34. The molecule has 0 N–H and O–H groups in total. The third kappa shape index (κ3) is 10.8. The molecule has 0 spiro atoms. The van der Waals surface area contributed by atoms with Crippen molar-refractivity contribution >= 4 is 17.1 Å². The van der Waals surface area contributed by atoms with E-state index in [2.05, 4.69) is 328 Å². The summed E-state index contributed by atoms with van der Waals surface area (Å²) in [4.78, 5) is 2.42. The number of anilines is 3. The molecular weight excluding hydrogens is 1130 g/mol.